The van der Waals surface area contributed by atoms with Crippen LogP contribution >= 0.6 is 11.3 Å². The minimum Gasteiger partial charge on any atom is -0.390 e. The van der Waals surface area contributed by atoms with Crippen molar-refractivity contribution in [2.75, 3.05) is 32.7 Å². The Labute approximate surface area is 179 Å². The van der Waals surface area contributed by atoms with Gasteiger partial charge in [0, 0.05) is 67.5 Å². The zero-order chi connectivity index (χ0) is 20.9. The highest BCUT2D eigenvalue weighted by Crippen LogP contribution is 2.35. The Balaban J connectivity index is 1.28. The Hall–Kier alpha value is -2.59. The van der Waals surface area contributed by atoms with Gasteiger partial charge in [-0.05, 0) is 24.3 Å². The summed E-state index contributed by atoms with van der Waals surface area (Å²) < 4.78 is 1.76. The lowest BCUT2D eigenvalue weighted by Gasteiger charge is -2.35. The number of hydrogen-bond acceptors (Lipinski definition) is 7. The van der Waals surface area contributed by atoms with Crippen molar-refractivity contribution in [3.05, 3.63) is 69.8 Å². The Morgan fingerprint density at radius 1 is 1.07 bits per heavy atom. The van der Waals surface area contributed by atoms with Gasteiger partial charge in [0.05, 0.1) is 23.1 Å². The van der Waals surface area contributed by atoms with Crippen LogP contribution in [0.4, 0.5) is 5.69 Å². The van der Waals surface area contributed by atoms with E-state index in [4.69, 9.17) is 0 Å². The van der Waals surface area contributed by atoms with Gasteiger partial charge < -0.3 is 5.11 Å². The molecule has 0 saturated carbocycles. The summed E-state index contributed by atoms with van der Waals surface area (Å²) in [5.41, 5.74) is 0.822. The van der Waals surface area contributed by atoms with Crippen molar-refractivity contribution in [3.63, 3.8) is 0 Å². The Kier molecular flexibility index (Phi) is 6.53. The van der Waals surface area contributed by atoms with Crippen LogP contribution in [0.15, 0.2) is 54.9 Å². The summed E-state index contributed by atoms with van der Waals surface area (Å²) in [4.78, 5) is 17.8. The maximum atomic E-state index is 11.3. The third-order valence-electron chi connectivity index (χ3n) is 5.30. The number of para-hydroxylation sites is 1. The average molecular weight is 428 g/mol. The lowest BCUT2D eigenvalue weighted by Crippen LogP contribution is -2.48. The molecular weight excluding hydrogens is 402 g/mol. The lowest BCUT2D eigenvalue weighted by atomic mass is 10.1. The molecule has 1 aliphatic heterocycles. The van der Waals surface area contributed by atoms with Crippen LogP contribution in [0.1, 0.15) is 4.88 Å². The van der Waals surface area contributed by atoms with Gasteiger partial charge >= 0.3 is 0 Å². The van der Waals surface area contributed by atoms with Crippen LogP contribution in [0.3, 0.4) is 0 Å². The average Bonchev–Trinajstić information content (AvgIpc) is 3.41. The summed E-state index contributed by atoms with van der Waals surface area (Å²) in [5, 5.41) is 25.7. The highest BCUT2D eigenvalue weighted by atomic mass is 32.1. The quantitative estimate of drug-likeness (QED) is 0.439. The number of β-amino-alcohol motifs (C(OH)–C–C–N with tert-alkyl or cyclic N) is 1. The van der Waals surface area contributed by atoms with Crippen molar-refractivity contribution < 1.29 is 10.0 Å². The molecule has 0 aliphatic carbocycles. The molecule has 1 aliphatic rings. The molecule has 0 amide bonds. The van der Waals surface area contributed by atoms with Crippen molar-refractivity contribution >= 4 is 17.0 Å². The van der Waals surface area contributed by atoms with Crippen LogP contribution in [0, 0.1) is 10.1 Å². The molecule has 1 unspecified atom stereocenters. The molecule has 1 atom stereocenters. The van der Waals surface area contributed by atoms with Crippen molar-refractivity contribution in [2.45, 2.75) is 19.2 Å². The molecule has 1 aromatic carbocycles. The highest BCUT2D eigenvalue weighted by molar-refractivity contribution is 7.15. The van der Waals surface area contributed by atoms with E-state index >= 15 is 0 Å². The van der Waals surface area contributed by atoms with Gasteiger partial charge in [-0.2, -0.15) is 5.10 Å². The van der Waals surface area contributed by atoms with Crippen molar-refractivity contribution in [1.29, 1.82) is 0 Å². The first-order valence-corrected chi connectivity index (χ1v) is 10.8. The Morgan fingerprint density at radius 2 is 1.83 bits per heavy atom. The number of aliphatic hydroxyl groups is 1. The summed E-state index contributed by atoms with van der Waals surface area (Å²) >= 11 is 1.62. The van der Waals surface area contributed by atoms with Crippen molar-refractivity contribution in [1.82, 2.24) is 19.6 Å². The molecule has 1 saturated heterocycles. The number of piperazine rings is 1. The fraction of sp³-hybridized carbons (Fsp3) is 0.381. The first kappa shape index (κ1) is 20.7. The molecule has 0 spiro atoms. The number of nitrogens with zero attached hydrogens (tertiary/aromatic N) is 5. The molecule has 3 heterocycles. The molecule has 4 rings (SSSR count). The zero-order valence-corrected chi connectivity index (χ0v) is 17.4. The van der Waals surface area contributed by atoms with Crippen LogP contribution in [-0.4, -0.2) is 68.4 Å². The second-order valence-electron chi connectivity index (χ2n) is 7.50. The molecule has 8 nitrogen and oxygen atoms in total. The molecule has 0 bridgehead atoms. The van der Waals surface area contributed by atoms with E-state index in [2.05, 4.69) is 21.0 Å². The third-order valence-corrected chi connectivity index (χ3v) is 6.40. The predicted octanol–water partition coefficient (Wildman–Crippen LogP) is 2.70. The molecule has 0 radical (unpaired) electrons. The topological polar surface area (TPSA) is 87.7 Å². The summed E-state index contributed by atoms with van der Waals surface area (Å²) in [7, 11) is 0. The Morgan fingerprint density at radius 3 is 2.57 bits per heavy atom. The second kappa shape index (κ2) is 9.48. The molecule has 2 aromatic heterocycles. The van der Waals surface area contributed by atoms with Gasteiger partial charge in [-0.25, -0.2) is 0 Å². The van der Waals surface area contributed by atoms with E-state index in [1.165, 1.54) is 4.88 Å². The number of hydrogen-bond donors (Lipinski definition) is 1. The number of aromatic nitrogens is 2. The van der Waals surface area contributed by atoms with E-state index in [0.29, 0.717) is 18.7 Å². The normalized spacial score (nSPS) is 16.6. The molecule has 9 heteroatoms. The molecule has 30 heavy (non-hydrogen) atoms. The van der Waals surface area contributed by atoms with Crippen LogP contribution < -0.4 is 0 Å². The minimum atomic E-state index is -0.432. The Bertz CT molecular complexity index is 967. The van der Waals surface area contributed by atoms with Crippen LogP contribution in [0.2, 0.25) is 0 Å². The number of aliphatic hydroxyl groups excluding tert-OH is 1. The maximum absolute atomic E-state index is 11.3. The maximum Gasteiger partial charge on any atom is 0.278 e. The molecule has 158 valence electrons. The van der Waals surface area contributed by atoms with E-state index in [0.717, 1.165) is 37.6 Å². The largest absolute Gasteiger partial charge is 0.390 e. The van der Waals surface area contributed by atoms with Gasteiger partial charge in [0.1, 0.15) is 0 Å². The molecule has 3 aromatic rings. The summed E-state index contributed by atoms with van der Waals surface area (Å²) in [6, 6.07) is 12.8. The lowest BCUT2D eigenvalue weighted by molar-refractivity contribution is -0.384. The van der Waals surface area contributed by atoms with E-state index in [-0.39, 0.29) is 10.6 Å². The predicted molar refractivity (Wildman–Crippen MR) is 116 cm³/mol. The highest BCUT2D eigenvalue weighted by Gasteiger charge is 2.21. The minimum absolute atomic E-state index is 0.146. The van der Waals surface area contributed by atoms with E-state index in [1.54, 1.807) is 40.4 Å². The van der Waals surface area contributed by atoms with Gasteiger partial charge in [-0.3, -0.25) is 24.6 Å². The SMILES string of the molecule is O=[N+]([O-])c1ccccc1-c1ccc(CN2CCN(CC(O)Cn3cccn3)CC2)s1. The van der Waals surface area contributed by atoms with E-state index < -0.39 is 6.10 Å². The zero-order valence-electron chi connectivity index (χ0n) is 16.6. The smallest absolute Gasteiger partial charge is 0.278 e. The van der Waals surface area contributed by atoms with Crippen LogP contribution in [0.25, 0.3) is 10.4 Å². The van der Waals surface area contributed by atoms with Gasteiger partial charge in [0.25, 0.3) is 5.69 Å². The van der Waals surface area contributed by atoms with Crippen molar-refractivity contribution in [2.24, 2.45) is 0 Å². The molecule has 1 fully saturated rings. The number of thiophene rings is 1. The van der Waals surface area contributed by atoms with Crippen molar-refractivity contribution in [3.8, 4) is 10.4 Å². The number of rotatable bonds is 8. The first-order valence-electron chi connectivity index (χ1n) is 10.0. The summed E-state index contributed by atoms with van der Waals surface area (Å²) in [6.45, 7) is 5.71. The van der Waals surface area contributed by atoms with Gasteiger partial charge in [0.15, 0.2) is 0 Å². The standard InChI is InChI=1S/C21H25N5O3S/c27-17(15-25-9-3-8-22-25)14-23-10-12-24(13-11-23)16-18-6-7-21(30-18)19-4-1-2-5-20(19)26(28)29/h1-9,17,27H,10-16H2. The fourth-order valence-electron chi connectivity index (χ4n) is 3.78. The monoisotopic (exact) mass is 427 g/mol. The van der Waals surface area contributed by atoms with E-state index in [1.807, 2.05) is 24.4 Å². The van der Waals surface area contributed by atoms with Crippen LogP contribution in [0.5, 0.6) is 0 Å². The molecule has 1 N–H and O–H groups in total. The van der Waals surface area contributed by atoms with Gasteiger partial charge in [-0.15, -0.1) is 11.3 Å². The van der Waals surface area contributed by atoms with E-state index in [9.17, 15) is 15.2 Å². The van der Waals surface area contributed by atoms with Crippen LogP contribution in [-0.2, 0) is 13.1 Å². The summed E-state index contributed by atoms with van der Waals surface area (Å²) in [6.07, 6.45) is 3.15. The first-order chi connectivity index (χ1) is 14.6. The van der Waals surface area contributed by atoms with Gasteiger partial charge in [0.2, 0.25) is 0 Å². The summed E-state index contributed by atoms with van der Waals surface area (Å²) in [5.74, 6) is 0. The second-order valence-corrected chi connectivity index (χ2v) is 8.67. The third kappa shape index (κ3) is 5.11. The number of nitro benzene ring substituents is 1. The van der Waals surface area contributed by atoms with Gasteiger partial charge in [-0.1, -0.05) is 12.1 Å². The number of benzene rings is 1. The molecular formula is C21H25N5O3S. The fourth-order valence-corrected chi connectivity index (χ4v) is 4.86. The number of nitro groups is 1.